The molecular formula is C18H16N2O3S. The molecule has 2 aromatic carbocycles. The third-order valence-electron chi connectivity index (χ3n) is 3.30. The Kier molecular flexibility index (Phi) is 5.20. The Morgan fingerprint density at radius 1 is 1.08 bits per heavy atom. The summed E-state index contributed by atoms with van der Waals surface area (Å²) >= 11 is 1.30. The molecule has 0 fully saturated rings. The second-order valence-electron chi connectivity index (χ2n) is 5.01. The van der Waals surface area contributed by atoms with Gasteiger partial charge < -0.3 is 9.84 Å². The summed E-state index contributed by atoms with van der Waals surface area (Å²) in [5.41, 5.74) is 2.39. The van der Waals surface area contributed by atoms with E-state index in [1.807, 2.05) is 60.7 Å². The second kappa shape index (κ2) is 7.72. The van der Waals surface area contributed by atoms with Gasteiger partial charge >= 0.3 is 6.09 Å². The molecule has 0 aliphatic heterocycles. The van der Waals surface area contributed by atoms with Gasteiger partial charge in [0.15, 0.2) is 5.13 Å². The van der Waals surface area contributed by atoms with Gasteiger partial charge in [0.05, 0.1) is 17.2 Å². The van der Waals surface area contributed by atoms with Gasteiger partial charge in [-0.1, -0.05) is 72.0 Å². The fourth-order valence-corrected chi connectivity index (χ4v) is 3.14. The first kappa shape index (κ1) is 16.2. The van der Waals surface area contributed by atoms with Crippen molar-refractivity contribution < 1.29 is 14.6 Å². The number of nitrogens with one attached hydrogen (secondary N) is 1. The van der Waals surface area contributed by atoms with Gasteiger partial charge in [-0.2, -0.15) is 0 Å². The van der Waals surface area contributed by atoms with Gasteiger partial charge in [-0.25, -0.2) is 9.78 Å². The van der Waals surface area contributed by atoms with Gasteiger partial charge in [0.1, 0.15) is 6.61 Å². The topological polar surface area (TPSA) is 71.5 Å². The number of hydrogen-bond donors (Lipinski definition) is 2. The van der Waals surface area contributed by atoms with Gasteiger partial charge in [-0.05, 0) is 11.1 Å². The van der Waals surface area contributed by atoms with Crippen molar-refractivity contribution in [3.05, 3.63) is 71.9 Å². The molecule has 0 saturated heterocycles. The molecule has 3 aromatic rings. The van der Waals surface area contributed by atoms with Crippen LogP contribution in [-0.4, -0.2) is 16.2 Å². The molecule has 1 heterocycles. The number of hydrogen-bond acceptors (Lipinski definition) is 5. The van der Waals surface area contributed by atoms with Crippen molar-refractivity contribution in [3.8, 4) is 10.4 Å². The molecule has 1 amide bonds. The maximum absolute atomic E-state index is 11.9. The Morgan fingerprint density at radius 3 is 2.42 bits per heavy atom. The number of thiazole rings is 1. The largest absolute Gasteiger partial charge is 0.444 e. The third kappa shape index (κ3) is 3.98. The van der Waals surface area contributed by atoms with Crippen LogP contribution >= 0.6 is 11.3 Å². The van der Waals surface area contributed by atoms with E-state index in [-0.39, 0.29) is 13.2 Å². The van der Waals surface area contributed by atoms with Crippen LogP contribution in [0.2, 0.25) is 0 Å². The van der Waals surface area contributed by atoms with Crippen molar-refractivity contribution in [2.75, 3.05) is 5.32 Å². The van der Waals surface area contributed by atoms with Gasteiger partial charge in [-0.3, -0.25) is 5.32 Å². The zero-order valence-corrected chi connectivity index (χ0v) is 13.6. The van der Waals surface area contributed by atoms with Gasteiger partial charge in [0.2, 0.25) is 0 Å². The summed E-state index contributed by atoms with van der Waals surface area (Å²) < 4.78 is 5.17. The molecule has 122 valence electrons. The van der Waals surface area contributed by atoms with Crippen LogP contribution in [-0.2, 0) is 18.0 Å². The van der Waals surface area contributed by atoms with Crippen molar-refractivity contribution >= 4 is 22.6 Å². The molecule has 0 bridgehead atoms. The first-order valence-corrected chi connectivity index (χ1v) is 8.21. The maximum atomic E-state index is 11.9. The zero-order valence-electron chi connectivity index (χ0n) is 12.8. The Balaban J connectivity index is 1.67. The average Bonchev–Trinajstić information content (AvgIpc) is 3.04. The van der Waals surface area contributed by atoms with Crippen LogP contribution < -0.4 is 5.32 Å². The van der Waals surface area contributed by atoms with Crippen molar-refractivity contribution in [2.24, 2.45) is 0 Å². The van der Waals surface area contributed by atoms with Crippen molar-refractivity contribution in [1.82, 2.24) is 4.98 Å². The maximum Gasteiger partial charge on any atom is 0.413 e. The summed E-state index contributed by atoms with van der Waals surface area (Å²) in [6.07, 6.45) is -0.572. The summed E-state index contributed by atoms with van der Waals surface area (Å²) in [7, 11) is 0. The number of nitrogens with zero attached hydrogens (tertiary/aromatic N) is 1. The summed E-state index contributed by atoms with van der Waals surface area (Å²) in [5.74, 6) is 0. The van der Waals surface area contributed by atoms with Crippen LogP contribution in [0.4, 0.5) is 9.93 Å². The Morgan fingerprint density at radius 2 is 1.75 bits per heavy atom. The van der Waals surface area contributed by atoms with E-state index < -0.39 is 6.09 Å². The zero-order chi connectivity index (χ0) is 16.8. The molecule has 0 aliphatic rings. The lowest BCUT2D eigenvalue weighted by Crippen LogP contribution is -2.13. The molecule has 0 atom stereocenters. The smallest absolute Gasteiger partial charge is 0.413 e. The van der Waals surface area contributed by atoms with Gasteiger partial charge in [0.25, 0.3) is 0 Å². The van der Waals surface area contributed by atoms with E-state index >= 15 is 0 Å². The van der Waals surface area contributed by atoms with Crippen LogP contribution in [0.25, 0.3) is 10.4 Å². The first-order chi connectivity index (χ1) is 11.8. The Hall–Kier alpha value is -2.70. The Bertz CT molecular complexity index is 804. The normalized spacial score (nSPS) is 10.4. The number of aliphatic hydroxyl groups excluding tert-OH is 1. The number of amides is 1. The van der Waals surface area contributed by atoms with Crippen LogP contribution in [0.1, 0.15) is 11.3 Å². The molecule has 0 aliphatic carbocycles. The minimum Gasteiger partial charge on any atom is -0.444 e. The van der Waals surface area contributed by atoms with E-state index in [2.05, 4.69) is 10.3 Å². The molecule has 2 N–H and O–H groups in total. The lowest BCUT2D eigenvalue weighted by molar-refractivity contribution is 0.155. The Labute approximate surface area is 143 Å². The highest BCUT2D eigenvalue weighted by Gasteiger charge is 2.14. The predicted molar refractivity (Wildman–Crippen MR) is 93.7 cm³/mol. The lowest BCUT2D eigenvalue weighted by Gasteiger charge is -2.04. The summed E-state index contributed by atoms with van der Waals surface area (Å²) in [5, 5.41) is 12.5. The van der Waals surface area contributed by atoms with Crippen LogP contribution in [0.15, 0.2) is 60.7 Å². The predicted octanol–water partition coefficient (Wildman–Crippen LogP) is 4.05. The summed E-state index contributed by atoms with van der Waals surface area (Å²) in [6, 6.07) is 19.1. The number of aromatic nitrogens is 1. The van der Waals surface area contributed by atoms with E-state index in [0.717, 1.165) is 16.0 Å². The molecule has 5 nitrogen and oxygen atoms in total. The van der Waals surface area contributed by atoms with Gasteiger partial charge in [0, 0.05) is 0 Å². The molecule has 1 aromatic heterocycles. The fraction of sp³-hybridized carbons (Fsp3) is 0.111. The number of aliphatic hydroxyl groups is 1. The highest BCUT2D eigenvalue weighted by atomic mass is 32.1. The highest BCUT2D eigenvalue weighted by Crippen LogP contribution is 2.33. The number of benzene rings is 2. The highest BCUT2D eigenvalue weighted by molar-refractivity contribution is 7.19. The monoisotopic (exact) mass is 340 g/mol. The minimum atomic E-state index is -0.572. The van der Waals surface area contributed by atoms with E-state index in [4.69, 9.17) is 4.74 Å². The molecular weight excluding hydrogens is 324 g/mol. The number of carbonyl (C=O) groups is 1. The van der Waals surface area contributed by atoms with Crippen molar-refractivity contribution in [3.63, 3.8) is 0 Å². The number of ether oxygens (including phenoxy) is 1. The van der Waals surface area contributed by atoms with Crippen molar-refractivity contribution in [2.45, 2.75) is 13.2 Å². The fourth-order valence-electron chi connectivity index (χ4n) is 2.17. The lowest BCUT2D eigenvalue weighted by atomic mass is 10.1. The first-order valence-electron chi connectivity index (χ1n) is 7.40. The molecule has 6 heteroatoms. The standard InChI is InChI=1S/C18H16N2O3S/c21-11-15-16(14-9-5-2-6-10-14)24-17(19-15)20-18(22)23-12-13-7-3-1-4-8-13/h1-10,21H,11-12H2,(H,19,20,22). The number of rotatable bonds is 5. The average molecular weight is 340 g/mol. The number of anilines is 1. The molecule has 0 spiro atoms. The molecule has 3 rings (SSSR count). The minimum absolute atomic E-state index is 0.191. The van der Waals surface area contributed by atoms with Crippen LogP contribution in [0.3, 0.4) is 0 Å². The molecule has 24 heavy (non-hydrogen) atoms. The van der Waals surface area contributed by atoms with E-state index in [9.17, 15) is 9.90 Å². The van der Waals surface area contributed by atoms with E-state index in [0.29, 0.717) is 10.8 Å². The molecule has 0 unspecified atom stereocenters. The summed E-state index contributed by atoms with van der Waals surface area (Å²) in [6.45, 7) is -0.00206. The van der Waals surface area contributed by atoms with E-state index in [1.165, 1.54) is 11.3 Å². The number of carbonyl (C=O) groups excluding carboxylic acids is 1. The van der Waals surface area contributed by atoms with Crippen LogP contribution in [0.5, 0.6) is 0 Å². The van der Waals surface area contributed by atoms with Gasteiger partial charge in [-0.15, -0.1) is 0 Å². The quantitative estimate of drug-likeness (QED) is 0.735. The molecule has 0 saturated carbocycles. The third-order valence-corrected chi connectivity index (χ3v) is 4.37. The summed E-state index contributed by atoms with van der Waals surface area (Å²) in [4.78, 5) is 17.0. The molecule has 0 radical (unpaired) electrons. The van der Waals surface area contributed by atoms with Crippen molar-refractivity contribution in [1.29, 1.82) is 0 Å². The SMILES string of the molecule is O=C(Nc1nc(CO)c(-c2ccccc2)s1)OCc1ccccc1. The second-order valence-corrected chi connectivity index (χ2v) is 6.00. The van der Waals surface area contributed by atoms with E-state index in [1.54, 1.807) is 0 Å². The van der Waals surface area contributed by atoms with Crippen LogP contribution in [0, 0.1) is 0 Å².